The van der Waals surface area contributed by atoms with Crippen molar-refractivity contribution in [3.8, 4) is 17.2 Å². The van der Waals surface area contributed by atoms with Crippen LogP contribution in [0.3, 0.4) is 0 Å². The van der Waals surface area contributed by atoms with Gasteiger partial charge < -0.3 is 25.7 Å². The van der Waals surface area contributed by atoms with E-state index in [2.05, 4.69) is 26.1 Å². The molecule has 1 unspecified atom stereocenters. The number of aromatic hydroxyl groups is 3. The maximum atomic E-state index is 9.82. The minimum atomic E-state index is -0.519. The van der Waals surface area contributed by atoms with Gasteiger partial charge in [-0.15, -0.1) is 0 Å². The molecular formula is C14H23NO4. The number of nitrogens with one attached hydrogen (secondary N) is 1. The van der Waals surface area contributed by atoms with Crippen LogP contribution in [0.15, 0.2) is 12.1 Å². The molecule has 5 N–H and O–H groups in total. The van der Waals surface area contributed by atoms with E-state index in [1.807, 2.05) is 0 Å². The maximum Gasteiger partial charge on any atom is 0.200 e. The summed E-state index contributed by atoms with van der Waals surface area (Å²) in [7, 11) is 0. The fourth-order valence-corrected chi connectivity index (χ4v) is 1.91. The van der Waals surface area contributed by atoms with Crippen LogP contribution in [0.1, 0.15) is 32.8 Å². The van der Waals surface area contributed by atoms with Crippen molar-refractivity contribution < 1.29 is 20.4 Å². The lowest BCUT2D eigenvalue weighted by Gasteiger charge is -2.22. The lowest BCUT2D eigenvalue weighted by Crippen LogP contribution is -2.29. The lowest BCUT2D eigenvalue weighted by atomic mass is 9.89. The highest BCUT2D eigenvalue weighted by molar-refractivity contribution is 5.52. The number of phenolic OH excluding ortho intramolecular Hbond substituents is 3. The first kappa shape index (κ1) is 15.6. The van der Waals surface area contributed by atoms with Crippen LogP contribution in [-0.4, -0.2) is 33.1 Å². The van der Waals surface area contributed by atoms with Crippen molar-refractivity contribution in [2.24, 2.45) is 5.41 Å². The Morgan fingerprint density at radius 2 is 1.74 bits per heavy atom. The quantitative estimate of drug-likeness (QED) is 0.525. The predicted molar refractivity (Wildman–Crippen MR) is 73.2 cm³/mol. The van der Waals surface area contributed by atoms with Crippen molar-refractivity contribution >= 4 is 0 Å². The van der Waals surface area contributed by atoms with E-state index in [1.165, 1.54) is 12.1 Å². The molecule has 0 heterocycles. The van der Waals surface area contributed by atoms with Crippen LogP contribution in [0.4, 0.5) is 0 Å². The van der Waals surface area contributed by atoms with Gasteiger partial charge in [-0.05, 0) is 17.9 Å². The van der Waals surface area contributed by atoms with Gasteiger partial charge in [-0.2, -0.15) is 0 Å². The number of rotatable bonds is 5. The maximum absolute atomic E-state index is 9.82. The van der Waals surface area contributed by atoms with Gasteiger partial charge in [0.2, 0.25) is 5.75 Å². The van der Waals surface area contributed by atoms with Gasteiger partial charge in [0.1, 0.15) is 0 Å². The zero-order valence-electron chi connectivity index (χ0n) is 11.6. The molecule has 0 bridgehead atoms. The van der Waals surface area contributed by atoms with E-state index in [0.29, 0.717) is 25.1 Å². The molecule has 0 aromatic heterocycles. The molecule has 1 aromatic carbocycles. The van der Waals surface area contributed by atoms with Crippen molar-refractivity contribution in [2.45, 2.75) is 39.8 Å². The molecule has 1 aromatic rings. The van der Waals surface area contributed by atoms with Gasteiger partial charge >= 0.3 is 0 Å². The third kappa shape index (κ3) is 4.96. The molecule has 0 radical (unpaired) electrons. The monoisotopic (exact) mass is 269 g/mol. The van der Waals surface area contributed by atoms with E-state index in [1.54, 1.807) is 0 Å². The Balaban J connectivity index is 2.48. The largest absolute Gasteiger partial charge is 0.504 e. The Morgan fingerprint density at radius 3 is 2.32 bits per heavy atom. The summed E-state index contributed by atoms with van der Waals surface area (Å²) in [6.07, 6.45) is 0.208. The third-order valence-electron chi connectivity index (χ3n) is 2.76. The number of hydrogen-bond acceptors (Lipinski definition) is 5. The van der Waals surface area contributed by atoms with Crippen LogP contribution in [-0.2, 0) is 6.54 Å². The van der Waals surface area contributed by atoms with E-state index in [4.69, 9.17) is 0 Å². The van der Waals surface area contributed by atoms with E-state index >= 15 is 0 Å². The second-order valence-electron chi connectivity index (χ2n) is 5.99. The molecule has 0 saturated carbocycles. The summed E-state index contributed by atoms with van der Waals surface area (Å²) < 4.78 is 0. The molecular weight excluding hydrogens is 246 g/mol. The normalized spacial score (nSPS) is 13.5. The first-order valence-corrected chi connectivity index (χ1v) is 6.32. The summed E-state index contributed by atoms with van der Waals surface area (Å²) in [4.78, 5) is 0. The van der Waals surface area contributed by atoms with Crippen LogP contribution in [0.25, 0.3) is 0 Å². The Labute approximate surface area is 113 Å². The van der Waals surface area contributed by atoms with Gasteiger partial charge in [0.15, 0.2) is 11.5 Å². The molecule has 1 rings (SSSR count). The molecule has 0 aliphatic heterocycles. The van der Waals surface area contributed by atoms with Crippen molar-refractivity contribution in [3.05, 3.63) is 17.7 Å². The smallest absolute Gasteiger partial charge is 0.200 e. The summed E-state index contributed by atoms with van der Waals surface area (Å²) in [5.41, 5.74) is 0.526. The fraction of sp³-hybridized carbons (Fsp3) is 0.571. The highest BCUT2D eigenvalue weighted by Crippen LogP contribution is 2.36. The number of hydrogen-bond donors (Lipinski definition) is 5. The van der Waals surface area contributed by atoms with E-state index in [9.17, 15) is 20.4 Å². The van der Waals surface area contributed by atoms with Crippen LogP contribution in [0, 0.1) is 5.41 Å². The summed E-state index contributed by atoms with van der Waals surface area (Å²) in [6.45, 7) is 6.87. The van der Waals surface area contributed by atoms with Crippen molar-refractivity contribution in [1.29, 1.82) is 0 Å². The average molecular weight is 269 g/mol. The van der Waals surface area contributed by atoms with E-state index in [0.717, 1.165) is 0 Å². The topological polar surface area (TPSA) is 93.0 Å². The second kappa shape index (κ2) is 6.12. The molecule has 5 nitrogen and oxygen atoms in total. The van der Waals surface area contributed by atoms with Gasteiger partial charge in [0.25, 0.3) is 0 Å². The minimum absolute atomic E-state index is 0.0556. The number of aliphatic hydroxyl groups excluding tert-OH is 1. The predicted octanol–water partition coefficient (Wildman–Crippen LogP) is 1.69. The van der Waals surface area contributed by atoms with Crippen LogP contribution >= 0.6 is 0 Å². The molecule has 0 fully saturated rings. The van der Waals surface area contributed by atoms with Crippen LogP contribution in [0.5, 0.6) is 17.2 Å². The van der Waals surface area contributed by atoms with Gasteiger partial charge in [-0.3, -0.25) is 0 Å². The molecule has 19 heavy (non-hydrogen) atoms. The van der Waals surface area contributed by atoms with Crippen LogP contribution in [0.2, 0.25) is 0 Å². The molecule has 108 valence electrons. The Kier molecular flexibility index (Phi) is 5.03. The summed E-state index contributed by atoms with van der Waals surface area (Å²) >= 11 is 0. The molecule has 0 aliphatic rings. The Morgan fingerprint density at radius 1 is 1.11 bits per heavy atom. The van der Waals surface area contributed by atoms with Crippen LogP contribution < -0.4 is 5.32 Å². The molecule has 0 aliphatic carbocycles. The zero-order valence-corrected chi connectivity index (χ0v) is 11.6. The molecule has 1 atom stereocenters. The number of phenols is 3. The lowest BCUT2D eigenvalue weighted by molar-refractivity contribution is 0.119. The third-order valence-corrected chi connectivity index (χ3v) is 2.76. The van der Waals surface area contributed by atoms with E-state index in [-0.39, 0.29) is 16.9 Å². The molecule has 0 saturated heterocycles. The number of benzene rings is 1. The van der Waals surface area contributed by atoms with Crippen molar-refractivity contribution in [2.75, 3.05) is 6.54 Å². The van der Waals surface area contributed by atoms with Gasteiger partial charge in [0.05, 0.1) is 6.10 Å². The number of aliphatic hydroxyl groups is 1. The fourth-order valence-electron chi connectivity index (χ4n) is 1.91. The minimum Gasteiger partial charge on any atom is -0.504 e. The van der Waals surface area contributed by atoms with Gasteiger partial charge in [-0.25, -0.2) is 0 Å². The van der Waals surface area contributed by atoms with Crippen molar-refractivity contribution in [1.82, 2.24) is 5.32 Å². The molecule has 0 amide bonds. The molecule has 5 heteroatoms. The second-order valence-corrected chi connectivity index (χ2v) is 5.99. The van der Waals surface area contributed by atoms with Crippen molar-refractivity contribution in [3.63, 3.8) is 0 Å². The summed E-state index contributed by atoms with van der Waals surface area (Å²) in [5, 5.41) is 41.0. The SMILES string of the molecule is CC(C)(C)CC(O)CNCc1ccc(O)c(O)c1O. The zero-order chi connectivity index (χ0) is 14.6. The highest BCUT2D eigenvalue weighted by Gasteiger charge is 2.16. The van der Waals surface area contributed by atoms with E-state index < -0.39 is 11.9 Å². The molecule has 0 spiro atoms. The Hall–Kier alpha value is -1.46. The average Bonchev–Trinajstić information content (AvgIpc) is 2.27. The standard InChI is InChI=1S/C14H23NO4/c1-14(2,3)6-10(16)8-15-7-9-4-5-11(17)13(19)12(9)18/h4-5,10,15-19H,6-8H2,1-3H3. The summed E-state index contributed by atoms with van der Waals surface area (Å²) in [6, 6.07) is 2.84. The summed E-state index contributed by atoms with van der Waals surface area (Å²) in [5.74, 6) is -1.21. The van der Waals surface area contributed by atoms with Gasteiger partial charge in [0, 0.05) is 18.7 Å². The highest BCUT2D eigenvalue weighted by atomic mass is 16.3. The van der Waals surface area contributed by atoms with Gasteiger partial charge in [-0.1, -0.05) is 26.8 Å². The first-order chi connectivity index (χ1) is 8.70. The first-order valence-electron chi connectivity index (χ1n) is 6.32. The Bertz CT molecular complexity index is 426.